The number of rotatable bonds is 7. The number of nitrogens with two attached hydrogens (primary N) is 1. The summed E-state index contributed by atoms with van der Waals surface area (Å²) in [4.78, 5) is 16.7. The number of hydrogen-bond acceptors (Lipinski definition) is 8. The summed E-state index contributed by atoms with van der Waals surface area (Å²) in [7, 11) is 0. The van der Waals surface area contributed by atoms with Crippen LogP contribution in [0.25, 0.3) is 0 Å². The van der Waals surface area contributed by atoms with Crippen molar-refractivity contribution in [2.24, 2.45) is 0 Å². The first-order valence-electron chi connectivity index (χ1n) is 11.4. The summed E-state index contributed by atoms with van der Waals surface area (Å²) in [6.45, 7) is 3.97. The lowest BCUT2D eigenvalue weighted by Gasteiger charge is -2.28. The summed E-state index contributed by atoms with van der Waals surface area (Å²) in [5.41, 5.74) is 9.72. The van der Waals surface area contributed by atoms with Crippen LogP contribution in [0.3, 0.4) is 0 Å². The normalized spacial score (nSPS) is 13.5. The van der Waals surface area contributed by atoms with Crippen LogP contribution in [-0.4, -0.2) is 45.8 Å². The highest BCUT2D eigenvalue weighted by Gasteiger charge is 2.12. The van der Waals surface area contributed by atoms with Crippen molar-refractivity contribution in [3.05, 3.63) is 89.8 Å². The predicted molar refractivity (Wildman–Crippen MR) is 135 cm³/mol. The maximum absolute atomic E-state index is 9.06. The van der Waals surface area contributed by atoms with Gasteiger partial charge in [0.25, 0.3) is 0 Å². The fraction of sp³-hybridized carbons (Fsp3) is 0.231. The molecule has 1 aliphatic heterocycles. The van der Waals surface area contributed by atoms with Crippen molar-refractivity contribution in [3.8, 4) is 6.07 Å². The maximum Gasteiger partial charge on any atom is 0.182 e. The molecule has 0 spiro atoms. The van der Waals surface area contributed by atoms with Gasteiger partial charge < -0.3 is 19.9 Å². The first-order chi connectivity index (χ1) is 17.2. The van der Waals surface area contributed by atoms with Crippen LogP contribution < -0.4 is 10.6 Å². The molecule has 1 saturated heterocycles. The first-order valence-corrected chi connectivity index (χ1v) is 12.2. The highest BCUT2D eigenvalue weighted by molar-refractivity contribution is 7.99. The lowest BCUT2D eigenvalue weighted by atomic mass is 10.1. The average molecular weight is 484 g/mol. The maximum atomic E-state index is 9.06. The van der Waals surface area contributed by atoms with E-state index in [1.54, 1.807) is 22.7 Å². The molecule has 0 radical (unpaired) electrons. The third kappa shape index (κ3) is 5.62. The molecule has 9 heteroatoms. The van der Waals surface area contributed by atoms with Crippen LogP contribution in [0.2, 0.25) is 0 Å². The molecule has 5 rings (SSSR count). The van der Waals surface area contributed by atoms with Gasteiger partial charge in [0, 0.05) is 36.3 Å². The summed E-state index contributed by atoms with van der Waals surface area (Å²) in [6, 6.07) is 20.7. The Kier molecular flexibility index (Phi) is 6.93. The van der Waals surface area contributed by atoms with Crippen LogP contribution in [0.5, 0.6) is 0 Å². The van der Waals surface area contributed by atoms with E-state index in [-0.39, 0.29) is 5.69 Å². The van der Waals surface area contributed by atoms with Crippen LogP contribution in [0.4, 0.5) is 11.5 Å². The number of nitriles is 1. The van der Waals surface area contributed by atoms with Gasteiger partial charge in [0.2, 0.25) is 0 Å². The molecule has 0 saturated carbocycles. The Morgan fingerprint density at radius 1 is 1.03 bits per heavy atom. The molecule has 0 atom stereocenters. The second-order valence-electron chi connectivity index (χ2n) is 8.22. The highest BCUT2D eigenvalue weighted by atomic mass is 32.2. The van der Waals surface area contributed by atoms with Crippen molar-refractivity contribution in [1.29, 1.82) is 5.26 Å². The number of hydrogen-bond donors (Lipinski definition) is 1. The average Bonchev–Trinajstić information content (AvgIpc) is 3.24. The molecular formula is C26H25N7OS. The van der Waals surface area contributed by atoms with Gasteiger partial charge in [0.1, 0.15) is 22.7 Å². The number of benzene rings is 2. The molecule has 0 amide bonds. The number of imidazole rings is 1. The van der Waals surface area contributed by atoms with Gasteiger partial charge >= 0.3 is 0 Å². The third-order valence-electron chi connectivity index (χ3n) is 5.81. The zero-order chi connectivity index (χ0) is 24.0. The fourth-order valence-corrected chi connectivity index (χ4v) is 4.86. The number of nitrogens with zero attached hydrogens (tertiary/aromatic N) is 6. The Labute approximate surface area is 208 Å². The smallest absolute Gasteiger partial charge is 0.182 e. The van der Waals surface area contributed by atoms with Crippen molar-refractivity contribution in [1.82, 2.24) is 19.5 Å². The zero-order valence-corrected chi connectivity index (χ0v) is 20.0. The van der Waals surface area contributed by atoms with Crippen molar-refractivity contribution in [3.63, 3.8) is 0 Å². The number of morpholine rings is 1. The zero-order valence-electron chi connectivity index (χ0n) is 19.2. The quantitative estimate of drug-likeness (QED) is 0.396. The third-order valence-corrected chi connectivity index (χ3v) is 6.74. The van der Waals surface area contributed by atoms with E-state index in [0.29, 0.717) is 18.8 Å². The molecule has 4 aromatic rings. The van der Waals surface area contributed by atoms with Crippen LogP contribution in [0.15, 0.2) is 77.0 Å². The number of ether oxygens (including phenoxy) is 1. The van der Waals surface area contributed by atoms with Crippen LogP contribution in [-0.2, 0) is 17.7 Å². The number of nitrogen functional groups attached to an aromatic ring is 1. The van der Waals surface area contributed by atoms with Gasteiger partial charge in [-0.3, -0.25) is 0 Å². The van der Waals surface area contributed by atoms with E-state index < -0.39 is 0 Å². The summed E-state index contributed by atoms with van der Waals surface area (Å²) in [5, 5.41) is 9.95. The summed E-state index contributed by atoms with van der Waals surface area (Å²) >= 11 is 1.59. The van der Waals surface area contributed by atoms with Crippen LogP contribution in [0, 0.1) is 11.3 Å². The molecule has 35 heavy (non-hydrogen) atoms. The SMILES string of the molecule is N#Cc1ncn(Cc2cccc(Sc3ccnc(Cc4ccc(N5CCOCC5)cc4)n3)c2)c1N. The molecule has 2 aromatic heterocycles. The second-order valence-corrected chi connectivity index (χ2v) is 9.32. The highest BCUT2D eigenvalue weighted by Crippen LogP contribution is 2.27. The minimum absolute atomic E-state index is 0.250. The van der Waals surface area contributed by atoms with Crippen LogP contribution >= 0.6 is 11.8 Å². The molecule has 176 valence electrons. The fourth-order valence-electron chi connectivity index (χ4n) is 3.98. The minimum Gasteiger partial charge on any atom is -0.383 e. The van der Waals surface area contributed by atoms with Crippen molar-refractivity contribution in [2.75, 3.05) is 36.9 Å². The van der Waals surface area contributed by atoms with Gasteiger partial charge in [-0.15, -0.1) is 0 Å². The monoisotopic (exact) mass is 483 g/mol. The Morgan fingerprint density at radius 3 is 2.63 bits per heavy atom. The molecule has 8 nitrogen and oxygen atoms in total. The molecule has 2 N–H and O–H groups in total. The molecular weight excluding hydrogens is 458 g/mol. The van der Waals surface area contributed by atoms with E-state index in [0.717, 1.165) is 47.6 Å². The largest absolute Gasteiger partial charge is 0.383 e. The van der Waals surface area contributed by atoms with Gasteiger partial charge in [-0.25, -0.2) is 15.0 Å². The summed E-state index contributed by atoms with van der Waals surface area (Å²) < 4.78 is 7.21. The first kappa shape index (κ1) is 22.9. The second kappa shape index (κ2) is 10.6. The van der Waals surface area contributed by atoms with Crippen molar-refractivity contribution in [2.45, 2.75) is 22.9 Å². The van der Waals surface area contributed by atoms with Crippen molar-refractivity contribution >= 4 is 23.3 Å². The van der Waals surface area contributed by atoms with E-state index in [9.17, 15) is 0 Å². The Bertz CT molecular complexity index is 1340. The van der Waals surface area contributed by atoms with Crippen molar-refractivity contribution < 1.29 is 4.74 Å². The van der Waals surface area contributed by atoms with E-state index in [1.807, 2.05) is 30.5 Å². The lowest BCUT2D eigenvalue weighted by molar-refractivity contribution is 0.122. The van der Waals surface area contributed by atoms with Gasteiger partial charge in [-0.2, -0.15) is 5.26 Å². The van der Waals surface area contributed by atoms with Gasteiger partial charge in [0.05, 0.1) is 26.1 Å². The van der Waals surface area contributed by atoms with Crippen LogP contribution in [0.1, 0.15) is 22.6 Å². The standard InChI is InChI=1S/C26H25N7OS/c27-16-23-26(28)33(18-30-23)17-20-2-1-3-22(14-20)35-25-8-9-29-24(31-25)15-19-4-6-21(7-5-19)32-10-12-34-13-11-32/h1-9,14,18H,10-13,15,17,28H2. The molecule has 1 fully saturated rings. The number of anilines is 2. The predicted octanol–water partition coefficient (Wildman–Crippen LogP) is 3.75. The van der Waals surface area contributed by atoms with E-state index in [2.05, 4.69) is 51.3 Å². The van der Waals surface area contributed by atoms with E-state index in [1.165, 1.54) is 11.3 Å². The lowest BCUT2D eigenvalue weighted by Crippen LogP contribution is -2.36. The molecule has 3 heterocycles. The number of aromatic nitrogens is 4. The summed E-state index contributed by atoms with van der Waals surface area (Å²) in [5.74, 6) is 1.17. The molecule has 0 bridgehead atoms. The molecule has 0 unspecified atom stereocenters. The van der Waals surface area contributed by atoms with Gasteiger partial charge in [-0.1, -0.05) is 36.0 Å². The Balaban J connectivity index is 1.24. The Morgan fingerprint density at radius 2 is 1.86 bits per heavy atom. The van der Waals surface area contributed by atoms with Gasteiger partial charge in [0.15, 0.2) is 5.69 Å². The Hall–Kier alpha value is -3.87. The molecule has 0 aliphatic carbocycles. The minimum atomic E-state index is 0.250. The van der Waals surface area contributed by atoms with E-state index in [4.69, 9.17) is 20.7 Å². The van der Waals surface area contributed by atoms with Gasteiger partial charge in [-0.05, 0) is 41.5 Å². The topological polar surface area (TPSA) is 106 Å². The summed E-state index contributed by atoms with van der Waals surface area (Å²) in [6.07, 6.45) is 4.09. The molecule has 2 aromatic carbocycles. The van der Waals surface area contributed by atoms with E-state index >= 15 is 0 Å². The molecule has 1 aliphatic rings.